The molecular weight excluding hydrogens is 202 g/mol. The minimum atomic E-state index is -2.47. The summed E-state index contributed by atoms with van der Waals surface area (Å²) in [7, 11) is 2.30. The monoisotopic (exact) mass is 223 g/mol. The topological polar surface area (TPSA) is 62.9 Å². The lowest BCUT2D eigenvalue weighted by atomic mass is 10.4. The number of hydrogen-bond donors (Lipinski definition) is 1. The van der Waals surface area contributed by atoms with Crippen LogP contribution >= 0.6 is 0 Å². The van der Waals surface area contributed by atoms with Crippen LogP contribution < -0.4 is 5.73 Å². The van der Waals surface area contributed by atoms with Crippen molar-refractivity contribution in [3.8, 4) is 0 Å². The van der Waals surface area contributed by atoms with Gasteiger partial charge in [0.05, 0.1) is 0 Å². The molecule has 0 aromatic heterocycles. The van der Waals surface area contributed by atoms with E-state index in [9.17, 15) is 0 Å². The second-order valence-corrected chi connectivity index (χ2v) is 5.92. The highest BCUT2D eigenvalue weighted by molar-refractivity contribution is 6.60. The van der Waals surface area contributed by atoms with E-state index in [1.54, 1.807) is 21.3 Å². The zero-order valence-electron chi connectivity index (χ0n) is 9.41. The predicted octanol–water partition coefficient (Wildman–Crippen LogP) is 0.576. The average molecular weight is 223 g/mol. The molecule has 1 unspecified atom stereocenters. The standard InChI is InChI=1S/C8H21NO4Si/c1-5-13-8(9)6-7-14(10-2,11-3)12-4/h8H,5-7,9H2,1-4H3. The molecular formula is C8H21NO4Si. The SMILES string of the molecule is CCOC(N)CC[Si](OC)(OC)OC. The van der Waals surface area contributed by atoms with Crippen molar-refractivity contribution in [3.63, 3.8) is 0 Å². The summed E-state index contributed by atoms with van der Waals surface area (Å²) in [5.41, 5.74) is 5.69. The Bertz CT molecular complexity index is 135. The van der Waals surface area contributed by atoms with Gasteiger partial charge in [0.15, 0.2) is 0 Å². The van der Waals surface area contributed by atoms with Crippen LogP contribution in [-0.2, 0) is 18.0 Å². The van der Waals surface area contributed by atoms with Crippen LogP contribution in [-0.4, -0.2) is 43.0 Å². The molecule has 0 aliphatic heterocycles. The first-order valence-corrected chi connectivity index (χ1v) is 6.60. The lowest BCUT2D eigenvalue weighted by Gasteiger charge is -2.25. The first-order valence-electron chi connectivity index (χ1n) is 4.66. The number of rotatable bonds is 8. The summed E-state index contributed by atoms with van der Waals surface area (Å²) in [6.07, 6.45) is 0.405. The fraction of sp³-hybridized carbons (Fsp3) is 1.00. The summed E-state index contributed by atoms with van der Waals surface area (Å²) in [4.78, 5) is 0. The van der Waals surface area contributed by atoms with Crippen molar-refractivity contribution in [2.75, 3.05) is 27.9 Å². The summed E-state index contributed by atoms with van der Waals surface area (Å²) in [6.45, 7) is 2.52. The Morgan fingerprint density at radius 2 is 1.64 bits per heavy atom. The Hall–Kier alpha value is 0.0169. The van der Waals surface area contributed by atoms with Crippen LogP contribution in [0.15, 0.2) is 0 Å². The number of hydrogen-bond acceptors (Lipinski definition) is 5. The van der Waals surface area contributed by atoms with E-state index in [1.807, 2.05) is 6.92 Å². The van der Waals surface area contributed by atoms with Gasteiger partial charge in [0.25, 0.3) is 0 Å². The fourth-order valence-electron chi connectivity index (χ4n) is 1.17. The minimum Gasteiger partial charge on any atom is -0.377 e. The lowest BCUT2D eigenvalue weighted by molar-refractivity contribution is 0.0568. The molecule has 0 saturated carbocycles. The van der Waals surface area contributed by atoms with E-state index in [0.29, 0.717) is 19.1 Å². The summed E-state index contributed by atoms with van der Waals surface area (Å²) in [5, 5.41) is 0. The molecule has 0 spiro atoms. The Kier molecular flexibility index (Phi) is 7.34. The molecule has 0 aliphatic rings. The van der Waals surface area contributed by atoms with Crippen LogP contribution in [0.1, 0.15) is 13.3 Å². The highest BCUT2D eigenvalue weighted by Crippen LogP contribution is 2.16. The van der Waals surface area contributed by atoms with Gasteiger partial charge in [0, 0.05) is 34.0 Å². The summed E-state index contributed by atoms with van der Waals surface area (Å²) in [5.74, 6) is 0. The normalized spacial score (nSPS) is 14.4. The second-order valence-electron chi connectivity index (χ2n) is 2.83. The second kappa shape index (κ2) is 7.33. The molecule has 0 amide bonds. The Morgan fingerprint density at radius 1 is 1.14 bits per heavy atom. The highest BCUT2D eigenvalue weighted by Gasteiger charge is 2.37. The van der Waals surface area contributed by atoms with Gasteiger partial charge < -0.3 is 23.7 Å². The molecule has 0 bridgehead atoms. The van der Waals surface area contributed by atoms with Gasteiger partial charge in [-0.25, -0.2) is 0 Å². The molecule has 1 atom stereocenters. The van der Waals surface area contributed by atoms with Crippen LogP contribution in [0, 0.1) is 0 Å². The summed E-state index contributed by atoms with van der Waals surface area (Å²) >= 11 is 0. The third kappa shape index (κ3) is 4.49. The first kappa shape index (κ1) is 14.0. The summed E-state index contributed by atoms with van der Waals surface area (Å²) < 4.78 is 20.9. The lowest BCUT2D eigenvalue weighted by Crippen LogP contribution is -2.44. The van der Waals surface area contributed by atoms with Crippen molar-refractivity contribution < 1.29 is 18.0 Å². The zero-order chi connectivity index (χ0) is 11.0. The van der Waals surface area contributed by atoms with E-state index in [0.717, 1.165) is 0 Å². The summed E-state index contributed by atoms with van der Waals surface area (Å²) in [6, 6.07) is 0.664. The van der Waals surface area contributed by atoms with E-state index >= 15 is 0 Å². The minimum absolute atomic E-state index is 0.271. The van der Waals surface area contributed by atoms with Gasteiger partial charge >= 0.3 is 8.80 Å². The van der Waals surface area contributed by atoms with Crippen molar-refractivity contribution in [1.82, 2.24) is 0 Å². The van der Waals surface area contributed by atoms with E-state index in [2.05, 4.69) is 0 Å². The molecule has 0 aliphatic carbocycles. The maximum atomic E-state index is 5.69. The molecule has 14 heavy (non-hydrogen) atoms. The van der Waals surface area contributed by atoms with Crippen molar-refractivity contribution in [2.45, 2.75) is 25.6 Å². The molecule has 0 radical (unpaired) electrons. The molecule has 0 saturated heterocycles. The van der Waals surface area contributed by atoms with E-state index in [-0.39, 0.29) is 6.23 Å². The van der Waals surface area contributed by atoms with Gasteiger partial charge in [-0.3, -0.25) is 0 Å². The molecule has 0 heterocycles. The van der Waals surface area contributed by atoms with Gasteiger partial charge in [0.2, 0.25) is 0 Å². The zero-order valence-corrected chi connectivity index (χ0v) is 10.4. The van der Waals surface area contributed by atoms with Crippen LogP contribution in [0.4, 0.5) is 0 Å². The van der Waals surface area contributed by atoms with E-state index in [1.165, 1.54) is 0 Å². The van der Waals surface area contributed by atoms with Gasteiger partial charge in [-0.15, -0.1) is 0 Å². The predicted molar refractivity (Wildman–Crippen MR) is 55.8 cm³/mol. The first-order chi connectivity index (χ1) is 6.64. The smallest absolute Gasteiger partial charge is 0.377 e. The van der Waals surface area contributed by atoms with Crippen molar-refractivity contribution >= 4 is 8.80 Å². The maximum Gasteiger partial charge on any atom is 0.500 e. The van der Waals surface area contributed by atoms with Gasteiger partial charge in [-0.05, 0) is 13.3 Å². The van der Waals surface area contributed by atoms with Crippen LogP contribution in [0.5, 0.6) is 0 Å². The van der Waals surface area contributed by atoms with Crippen molar-refractivity contribution in [3.05, 3.63) is 0 Å². The molecule has 0 rings (SSSR count). The van der Waals surface area contributed by atoms with E-state index < -0.39 is 8.80 Å². The van der Waals surface area contributed by atoms with Crippen molar-refractivity contribution in [1.29, 1.82) is 0 Å². The van der Waals surface area contributed by atoms with Crippen LogP contribution in [0.25, 0.3) is 0 Å². The molecule has 5 nitrogen and oxygen atoms in total. The largest absolute Gasteiger partial charge is 0.500 e. The molecule has 0 aromatic carbocycles. The van der Waals surface area contributed by atoms with Gasteiger partial charge in [0.1, 0.15) is 6.23 Å². The molecule has 0 aromatic rings. The van der Waals surface area contributed by atoms with Crippen LogP contribution in [0.2, 0.25) is 6.04 Å². The maximum absolute atomic E-state index is 5.69. The fourth-order valence-corrected chi connectivity index (χ4v) is 2.92. The number of nitrogens with two attached hydrogens (primary N) is 1. The molecule has 0 fully saturated rings. The van der Waals surface area contributed by atoms with E-state index in [4.69, 9.17) is 23.7 Å². The third-order valence-electron chi connectivity index (χ3n) is 2.05. The quantitative estimate of drug-likeness (QED) is 0.481. The molecule has 6 heteroatoms. The third-order valence-corrected chi connectivity index (χ3v) is 4.82. The van der Waals surface area contributed by atoms with Crippen molar-refractivity contribution in [2.24, 2.45) is 5.73 Å². The Morgan fingerprint density at radius 3 is 2.00 bits per heavy atom. The van der Waals surface area contributed by atoms with Gasteiger partial charge in [-0.1, -0.05) is 0 Å². The number of ether oxygens (including phenoxy) is 1. The van der Waals surface area contributed by atoms with Crippen LogP contribution in [0.3, 0.4) is 0 Å². The Labute approximate surface area is 86.8 Å². The molecule has 86 valence electrons. The highest BCUT2D eigenvalue weighted by atomic mass is 28.4. The molecule has 2 N–H and O–H groups in total. The van der Waals surface area contributed by atoms with Gasteiger partial charge in [-0.2, -0.15) is 0 Å². The average Bonchev–Trinajstić information content (AvgIpc) is 2.21. The Balaban J connectivity index is 3.92.